The lowest BCUT2D eigenvalue weighted by Gasteiger charge is -2.08. The first kappa shape index (κ1) is 14.3. The van der Waals surface area contributed by atoms with Gasteiger partial charge in [0.25, 0.3) is 0 Å². The highest BCUT2D eigenvalue weighted by molar-refractivity contribution is 8.00. The number of benzene rings is 1. The van der Waals surface area contributed by atoms with Gasteiger partial charge in [-0.2, -0.15) is 13.2 Å². The zero-order chi connectivity index (χ0) is 13.9. The molecule has 6 heteroatoms. The van der Waals surface area contributed by atoms with Crippen LogP contribution in [0.15, 0.2) is 40.6 Å². The lowest BCUT2D eigenvalue weighted by Crippen LogP contribution is -2.00. The minimum Gasteiger partial charge on any atom is -0.380 e. The Kier molecular flexibility index (Phi) is 4.42. The molecule has 0 aliphatic rings. The summed E-state index contributed by atoms with van der Waals surface area (Å²) in [4.78, 5) is 1.43. The van der Waals surface area contributed by atoms with Gasteiger partial charge in [-0.1, -0.05) is 0 Å². The van der Waals surface area contributed by atoms with Gasteiger partial charge < -0.3 is 5.32 Å². The van der Waals surface area contributed by atoms with Crippen LogP contribution in [0.3, 0.4) is 0 Å². The van der Waals surface area contributed by atoms with Crippen molar-refractivity contribution in [3.63, 3.8) is 0 Å². The molecule has 1 heterocycles. The van der Waals surface area contributed by atoms with E-state index in [1.54, 1.807) is 23.5 Å². The number of rotatable bonds is 4. The van der Waals surface area contributed by atoms with Gasteiger partial charge in [0.2, 0.25) is 0 Å². The maximum absolute atomic E-state index is 12.2. The summed E-state index contributed by atoms with van der Waals surface area (Å²) in [5.74, 6) is 0. The number of thiophene rings is 1. The Morgan fingerprint density at radius 1 is 1.16 bits per heavy atom. The first-order valence-electron chi connectivity index (χ1n) is 5.57. The molecule has 1 aromatic carbocycles. The van der Waals surface area contributed by atoms with E-state index in [0.717, 1.165) is 5.69 Å². The minimum atomic E-state index is -4.23. The van der Waals surface area contributed by atoms with E-state index < -0.39 is 5.51 Å². The Bertz CT molecular complexity index is 532. The van der Waals surface area contributed by atoms with Crippen molar-refractivity contribution >= 4 is 28.8 Å². The zero-order valence-corrected chi connectivity index (χ0v) is 11.8. The molecule has 1 N–H and O–H groups in total. The predicted molar refractivity (Wildman–Crippen MR) is 74.7 cm³/mol. The van der Waals surface area contributed by atoms with Gasteiger partial charge in [-0.05, 0) is 60.0 Å². The van der Waals surface area contributed by atoms with Gasteiger partial charge in [0.15, 0.2) is 0 Å². The van der Waals surface area contributed by atoms with Crippen LogP contribution in [0.1, 0.15) is 10.4 Å². The number of nitrogens with one attached hydrogen (secondary N) is 1. The van der Waals surface area contributed by atoms with Crippen molar-refractivity contribution in [1.29, 1.82) is 0 Å². The van der Waals surface area contributed by atoms with E-state index in [9.17, 15) is 13.2 Å². The van der Waals surface area contributed by atoms with Crippen molar-refractivity contribution < 1.29 is 13.2 Å². The summed E-state index contributed by atoms with van der Waals surface area (Å²) >= 11 is 1.57. The summed E-state index contributed by atoms with van der Waals surface area (Å²) in [6, 6.07) is 8.32. The molecule has 0 bridgehead atoms. The van der Waals surface area contributed by atoms with Gasteiger partial charge in [-0.3, -0.25) is 0 Å². The molecule has 0 saturated carbocycles. The molecule has 0 radical (unpaired) electrons. The number of hydrogen-bond acceptors (Lipinski definition) is 3. The second kappa shape index (κ2) is 5.88. The molecule has 0 fully saturated rings. The smallest absolute Gasteiger partial charge is 0.380 e. The summed E-state index contributed by atoms with van der Waals surface area (Å²) < 4.78 is 36.5. The van der Waals surface area contributed by atoms with Crippen LogP contribution in [-0.4, -0.2) is 5.51 Å². The van der Waals surface area contributed by atoms with Crippen LogP contribution in [0.2, 0.25) is 0 Å². The molecule has 102 valence electrons. The van der Waals surface area contributed by atoms with E-state index in [2.05, 4.69) is 5.32 Å². The van der Waals surface area contributed by atoms with Crippen molar-refractivity contribution in [1.82, 2.24) is 0 Å². The Morgan fingerprint density at radius 3 is 2.37 bits per heavy atom. The Balaban J connectivity index is 1.94. The van der Waals surface area contributed by atoms with Crippen LogP contribution < -0.4 is 5.32 Å². The van der Waals surface area contributed by atoms with Gasteiger partial charge in [-0.15, -0.1) is 11.3 Å². The third kappa shape index (κ3) is 4.47. The number of hydrogen-bond donors (Lipinski definition) is 1. The molecule has 0 spiro atoms. The van der Waals surface area contributed by atoms with Crippen LogP contribution in [0, 0.1) is 6.92 Å². The fraction of sp³-hybridized carbons (Fsp3) is 0.231. The lowest BCUT2D eigenvalue weighted by molar-refractivity contribution is -0.0328. The van der Waals surface area contributed by atoms with Crippen molar-refractivity contribution in [2.75, 3.05) is 5.32 Å². The number of thioether (sulfide) groups is 1. The second-order valence-corrected chi connectivity index (χ2v) is 6.09. The van der Waals surface area contributed by atoms with Gasteiger partial charge in [0.1, 0.15) is 0 Å². The first-order valence-corrected chi connectivity index (χ1v) is 7.26. The fourth-order valence-electron chi connectivity index (χ4n) is 1.54. The van der Waals surface area contributed by atoms with Gasteiger partial charge in [-0.25, -0.2) is 0 Å². The molecule has 0 aliphatic heterocycles. The summed E-state index contributed by atoms with van der Waals surface area (Å²) in [6.45, 7) is 2.73. The molecule has 1 aromatic heterocycles. The van der Waals surface area contributed by atoms with Crippen LogP contribution >= 0.6 is 23.1 Å². The maximum atomic E-state index is 12.2. The lowest BCUT2D eigenvalue weighted by atomic mass is 10.2. The molecule has 0 amide bonds. The van der Waals surface area contributed by atoms with Crippen molar-refractivity contribution in [2.24, 2.45) is 0 Å². The molecule has 1 nitrogen and oxygen atoms in total. The zero-order valence-electron chi connectivity index (χ0n) is 10.1. The highest BCUT2D eigenvalue weighted by Crippen LogP contribution is 2.37. The number of aryl methyl sites for hydroxylation is 1. The first-order chi connectivity index (χ1) is 8.94. The van der Waals surface area contributed by atoms with Crippen LogP contribution in [-0.2, 0) is 6.54 Å². The van der Waals surface area contributed by atoms with Gasteiger partial charge in [0, 0.05) is 22.0 Å². The van der Waals surface area contributed by atoms with Gasteiger partial charge in [0.05, 0.1) is 0 Å². The van der Waals surface area contributed by atoms with Crippen molar-refractivity contribution in [2.45, 2.75) is 23.9 Å². The molecule has 2 aromatic rings. The molecular formula is C13H12F3NS2. The van der Waals surface area contributed by atoms with E-state index in [-0.39, 0.29) is 16.7 Å². The van der Waals surface area contributed by atoms with E-state index in [0.29, 0.717) is 6.54 Å². The van der Waals surface area contributed by atoms with Gasteiger partial charge >= 0.3 is 5.51 Å². The third-order valence-electron chi connectivity index (χ3n) is 2.51. The number of anilines is 1. The Morgan fingerprint density at radius 2 is 1.84 bits per heavy atom. The van der Waals surface area contributed by atoms with E-state index in [4.69, 9.17) is 0 Å². The highest BCUT2D eigenvalue weighted by Gasteiger charge is 2.28. The molecule has 0 saturated heterocycles. The Labute approximate surface area is 117 Å². The molecule has 0 atom stereocenters. The van der Waals surface area contributed by atoms with Crippen LogP contribution in [0.4, 0.5) is 18.9 Å². The van der Waals surface area contributed by atoms with E-state index in [1.807, 2.05) is 18.4 Å². The molecule has 19 heavy (non-hydrogen) atoms. The quantitative estimate of drug-likeness (QED) is 0.771. The van der Waals surface area contributed by atoms with Crippen molar-refractivity contribution in [3.05, 3.63) is 46.2 Å². The molecular weight excluding hydrogens is 291 g/mol. The predicted octanol–water partition coefficient (Wildman–Crippen LogP) is 5.28. The minimum absolute atomic E-state index is 0.0980. The van der Waals surface area contributed by atoms with E-state index >= 15 is 0 Å². The molecule has 2 rings (SSSR count). The summed E-state index contributed by atoms with van der Waals surface area (Å²) in [5.41, 5.74) is -2.19. The average Bonchev–Trinajstić information content (AvgIpc) is 2.72. The van der Waals surface area contributed by atoms with Crippen molar-refractivity contribution in [3.8, 4) is 0 Å². The topological polar surface area (TPSA) is 12.0 Å². The largest absolute Gasteiger partial charge is 0.446 e. The summed E-state index contributed by atoms with van der Waals surface area (Å²) in [5, 5.41) is 5.22. The number of halogens is 3. The van der Waals surface area contributed by atoms with Crippen LogP contribution in [0.25, 0.3) is 0 Å². The van der Waals surface area contributed by atoms with E-state index in [1.165, 1.54) is 22.6 Å². The molecule has 0 aliphatic carbocycles. The standard InChI is InChI=1S/C13H12F3NS2/c1-9-6-7-18-12(9)8-17-10-2-4-11(5-3-10)19-13(14,15)16/h2-7,17H,8H2,1H3. The number of alkyl halides is 3. The third-order valence-corrected chi connectivity index (χ3v) is 4.27. The molecule has 0 unspecified atom stereocenters. The summed E-state index contributed by atoms with van der Waals surface area (Å²) in [6.07, 6.45) is 0. The summed E-state index contributed by atoms with van der Waals surface area (Å²) in [7, 11) is 0. The normalized spacial score (nSPS) is 11.6. The second-order valence-electron chi connectivity index (χ2n) is 3.95. The van der Waals surface area contributed by atoms with Crippen LogP contribution in [0.5, 0.6) is 0 Å². The Hall–Kier alpha value is -1.14. The monoisotopic (exact) mass is 303 g/mol. The fourth-order valence-corrected chi connectivity index (χ4v) is 2.93. The highest BCUT2D eigenvalue weighted by atomic mass is 32.2. The maximum Gasteiger partial charge on any atom is 0.446 e. The average molecular weight is 303 g/mol. The SMILES string of the molecule is Cc1ccsc1CNc1ccc(SC(F)(F)F)cc1.